The van der Waals surface area contributed by atoms with Crippen molar-refractivity contribution >= 4 is 0 Å². The fourth-order valence-electron chi connectivity index (χ4n) is 5.61. The van der Waals surface area contributed by atoms with E-state index in [0.717, 1.165) is 11.3 Å². The maximum Gasteiger partial charge on any atom is -0.0224 e. The Balaban J connectivity index is 1.53. The van der Waals surface area contributed by atoms with Gasteiger partial charge in [0.15, 0.2) is 0 Å². The predicted molar refractivity (Wildman–Crippen MR) is 53.2 cm³/mol. The number of hydrogen-bond acceptors (Lipinski definition) is 0. The second-order valence-corrected chi connectivity index (χ2v) is 6.34. The van der Waals surface area contributed by atoms with Crippen molar-refractivity contribution in [2.45, 2.75) is 39.5 Å². The van der Waals surface area contributed by atoms with Crippen LogP contribution in [0.5, 0.6) is 0 Å². The third-order valence-electron chi connectivity index (χ3n) is 6.08. The smallest absolute Gasteiger partial charge is 0.0224 e. The third-order valence-corrected chi connectivity index (χ3v) is 6.08. The lowest BCUT2D eigenvalue weighted by molar-refractivity contribution is 0.149. The number of hydrogen-bond donors (Lipinski definition) is 0. The summed E-state index contributed by atoms with van der Waals surface area (Å²) in [6.45, 7) is 4.85. The van der Waals surface area contributed by atoms with Crippen molar-refractivity contribution in [3.8, 4) is 0 Å². The highest BCUT2D eigenvalue weighted by Crippen LogP contribution is 2.90. The summed E-state index contributed by atoms with van der Waals surface area (Å²) >= 11 is 0. The van der Waals surface area contributed by atoms with Gasteiger partial charge in [0.25, 0.3) is 0 Å². The molecule has 0 radical (unpaired) electrons. The summed E-state index contributed by atoms with van der Waals surface area (Å²) in [5.74, 6) is 7.19. The van der Waals surface area contributed by atoms with Gasteiger partial charge in [0.1, 0.15) is 0 Å². The van der Waals surface area contributed by atoms with Crippen molar-refractivity contribution in [1.29, 1.82) is 0 Å². The maximum absolute atomic E-state index is 2.49. The summed E-state index contributed by atoms with van der Waals surface area (Å²) in [4.78, 5) is 0. The third kappa shape index (κ3) is 0.593. The Hall–Kier alpha value is 0. The van der Waals surface area contributed by atoms with E-state index in [1.54, 1.807) is 12.8 Å². The Morgan fingerprint density at radius 3 is 2.85 bits per heavy atom. The van der Waals surface area contributed by atoms with Crippen LogP contribution in [0.2, 0.25) is 0 Å². The lowest BCUT2D eigenvalue weighted by atomic mass is 9.70. The zero-order valence-electron chi connectivity index (χ0n) is 8.79. The number of rotatable bonds is 2. The Kier molecular flexibility index (Phi) is 1.04. The first kappa shape index (κ1) is 7.31. The average molecular weight is 176 g/mol. The van der Waals surface area contributed by atoms with Gasteiger partial charge in [0.2, 0.25) is 0 Å². The molecule has 0 aromatic carbocycles. The van der Waals surface area contributed by atoms with Crippen molar-refractivity contribution in [1.82, 2.24) is 0 Å². The molecule has 0 nitrogen and oxygen atoms in total. The van der Waals surface area contributed by atoms with Gasteiger partial charge in [-0.25, -0.2) is 0 Å². The van der Waals surface area contributed by atoms with Crippen LogP contribution in [0, 0.1) is 40.9 Å². The number of fused-ring (bicyclic) bond motifs is 3. The van der Waals surface area contributed by atoms with Gasteiger partial charge in [0, 0.05) is 0 Å². The van der Waals surface area contributed by atoms with Gasteiger partial charge < -0.3 is 0 Å². The molecule has 4 aliphatic carbocycles. The van der Waals surface area contributed by atoms with Crippen LogP contribution in [0.25, 0.3) is 0 Å². The first-order valence-electron chi connectivity index (χ1n) is 6.29. The van der Waals surface area contributed by atoms with Crippen molar-refractivity contribution in [2.24, 2.45) is 40.9 Å². The van der Waals surface area contributed by atoms with Crippen LogP contribution in [0.1, 0.15) is 39.5 Å². The molecule has 7 unspecified atom stereocenters. The van der Waals surface area contributed by atoms with Crippen LogP contribution in [-0.2, 0) is 0 Å². The predicted octanol–water partition coefficient (Wildman–Crippen LogP) is 3.32. The van der Waals surface area contributed by atoms with Crippen LogP contribution in [0.4, 0.5) is 0 Å². The molecule has 13 heavy (non-hydrogen) atoms. The van der Waals surface area contributed by atoms with E-state index >= 15 is 0 Å². The van der Waals surface area contributed by atoms with Gasteiger partial charge in [-0.1, -0.05) is 26.7 Å². The van der Waals surface area contributed by atoms with E-state index in [1.807, 2.05) is 0 Å². The van der Waals surface area contributed by atoms with Crippen LogP contribution >= 0.6 is 0 Å². The minimum Gasteiger partial charge on any atom is -0.0654 e. The van der Waals surface area contributed by atoms with Gasteiger partial charge >= 0.3 is 0 Å². The highest BCUT2D eigenvalue weighted by Gasteiger charge is 2.85. The molecule has 0 heterocycles. The molecule has 0 saturated heterocycles. The van der Waals surface area contributed by atoms with E-state index in [9.17, 15) is 0 Å². The van der Waals surface area contributed by atoms with E-state index < -0.39 is 0 Å². The SMILES string of the molecule is CCCC1CC23CC4C(C)C4C2C13. The van der Waals surface area contributed by atoms with Gasteiger partial charge in [-0.05, 0) is 53.8 Å². The average Bonchev–Trinajstić information content (AvgIpc) is 2.77. The molecule has 0 aromatic rings. The van der Waals surface area contributed by atoms with Gasteiger partial charge in [-0.2, -0.15) is 0 Å². The molecule has 0 N–H and O–H groups in total. The molecule has 4 fully saturated rings. The second-order valence-electron chi connectivity index (χ2n) is 6.34. The molecule has 4 rings (SSSR count). The highest BCUT2D eigenvalue weighted by molar-refractivity contribution is 5.32. The zero-order chi connectivity index (χ0) is 8.79. The molecule has 0 aliphatic heterocycles. The van der Waals surface area contributed by atoms with Crippen molar-refractivity contribution in [2.75, 3.05) is 0 Å². The van der Waals surface area contributed by atoms with Crippen molar-refractivity contribution in [3.63, 3.8) is 0 Å². The standard InChI is InChI=1S/C13H20/c1-3-4-8-5-13-6-9-7(2)10(9)12(13)11(8)13/h7-12H,3-6H2,1-2H3. The molecule has 1 spiro atoms. The molecule has 72 valence electrons. The van der Waals surface area contributed by atoms with Crippen LogP contribution < -0.4 is 0 Å². The van der Waals surface area contributed by atoms with Crippen LogP contribution in [-0.4, -0.2) is 0 Å². The monoisotopic (exact) mass is 176 g/mol. The first-order valence-corrected chi connectivity index (χ1v) is 6.29. The molecule has 0 bridgehead atoms. The highest BCUT2D eigenvalue weighted by atomic mass is 14.9. The summed E-state index contributed by atoms with van der Waals surface area (Å²) in [7, 11) is 0. The first-order chi connectivity index (χ1) is 6.29. The largest absolute Gasteiger partial charge is 0.0654 e. The molecule has 0 aromatic heterocycles. The molecular weight excluding hydrogens is 156 g/mol. The van der Waals surface area contributed by atoms with Crippen LogP contribution in [0.3, 0.4) is 0 Å². The van der Waals surface area contributed by atoms with Crippen molar-refractivity contribution < 1.29 is 0 Å². The quantitative estimate of drug-likeness (QED) is 0.605. The van der Waals surface area contributed by atoms with E-state index in [0.29, 0.717) is 0 Å². The van der Waals surface area contributed by atoms with E-state index in [2.05, 4.69) is 13.8 Å². The maximum atomic E-state index is 2.49. The summed E-state index contributed by atoms with van der Waals surface area (Å²) < 4.78 is 0. The van der Waals surface area contributed by atoms with E-state index in [1.165, 1.54) is 42.4 Å². The Bertz CT molecular complexity index is 269. The molecule has 7 atom stereocenters. The Labute approximate surface area is 81.1 Å². The van der Waals surface area contributed by atoms with Gasteiger partial charge in [-0.3, -0.25) is 0 Å². The minimum atomic E-state index is 0.974. The lowest BCUT2D eigenvalue weighted by Gasteiger charge is -2.34. The molecule has 4 aliphatic rings. The topological polar surface area (TPSA) is 0 Å². The Morgan fingerprint density at radius 1 is 1.23 bits per heavy atom. The zero-order valence-corrected chi connectivity index (χ0v) is 8.79. The molecule has 0 amide bonds. The second kappa shape index (κ2) is 1.85. The molecule has 0 heteroatoms. The van der Waals surface area contributed by atoms with E-state index in [4.69, 9.17) is 0 Å². The van der Waals surface area contributed by atoms with E-state index in [-0.39, 0.29) is 0 Å². The Morgan fingerprint density at radius 2 is 2.08 bits per heavy atom. The lowest BCUT2D eigenvalue weighted by Crippen LogP contribution is -2.26. The summed E-state index contributed by atoms with van der Waals surface area (Å²) in [6.07, 6.45) is 6.24. The van der Waals surface area contributed by atoms with Crippen LogP contribution in [0.15, 0.2) is 0 Å². The molecule has 4 saturated carbocycles. The minimum absolute atomic E-state index is 0.974. The fraction of sp³-hybridized carbons (Fsp3) is 1.00. The summed E-state index contributed by atoms with van der Waals surface area (Å²) in [5, 5.41) is 0. The normalized spacial score (nSPS) is 70.6. The summed E-state index contributed by atoms with van der Waals surface area (Å²) in [6, 6.07) is 0. The molecular formula is C13H20. The fourth-order valence-corrected chi connectivity index (χ4v) is 5.61. The summed E-state index contributed by atoms with van der Waals surface area (Å²) in [5.41, 5.74) is 0.974. The van der Waals surface area contributed by atoms with Gasteiger partial charge in [0.05, 0.1) is 0 Å². The van der Waals surface area contributed by atoms with Gasteiger partial charge in [-0.15, -0.1) is 0 Å². The van der Waals surface area contributed by atoms with Crippen molar-refractivity contribution in [3.05, 3.63) is 0 Å².